The van der Waals surface area contributed by atoms with E-state index >= 15 is 0 Å². The predicted octanol–water partition coefficient (Wildman–Crippen LogP) is 0.493. The fraction of sp³-hybridized carbons (Fsp3) is 1.00. The van der Waals surface area contributed by atoms with Crippen molar-refractivity contribution in [3.05, 3.63) is 0 Å². The van der Waals surface area contributed by atoms with Gasteiger partial charge < -0.3 is 14.6 Å². The molecular formula is C12H23NO3. The standard InChI is InChI=1S/C12H23NO3/c1-9-5-13(6-10(2)16-9)7-12(14)11-3-4-15-8-11/h9-12,14H,3-8H2,1-2H3/t9-,10+,11?,12?. The molecule has 2 saturated heterocycles. The first kappa shape index (κ1) is 12.3. The summed E-state index contributed by atoms with van der Waals surface area (Å²) in [7, 11) is 0. The number of aliphatic hydroxyl groups excluding tert-OH is 1. The molecule has 2 fully saturated rings. The van der Waals surface area contributed by atoms with Crippen LogP contribution in [-0.4, -0.2) is 61.2 Å². The van der Waals surface area contributed by atoms with E-state index in [4.69, 9.17) is 9.47 Å². The van der Waals surface area contributed by atoms with Crippen LogP contribution in [0.2, 0.25) is 0 Å². The monoisotopic (exact) mass is 229 g/mol. The van der Waals surface area contributed by atoms with Crippen molar-refractivity contribution in [1.82, 2.24) is 4.90 Å². The Morgan fingerprint density at radius 1 is 1.31 bits per heavy atom. The predicted molar refractivity (Wildman–Crippen MR) is 61.4 cm³/mol. The fourth-order valence-corrected chi connectivity index (χ4v) is 2.70. The van der Waals surface area contributed by atoms with E-state index in [1.165, 1.54) is 0 Å². The molecule has 0 saturated carbocycles. The zero-order chi connectivity index (χ0) is 11.5. The number of ether oxygens (including phenoxy) is 2. The number of nitrogens with zero attached hydrogens (tertiary/aromatic N) is 1. The Hall–Kier alpha value is -0.160. The van der Waals surface area contributed by atoms with Crippen molar-refractivity contribution in [2.24, 2.45) is 5.92 Å². The highest BCUT2D eigenvalue weighted by Gasteiger charge is 2.29. The first-order chi connectivity index (χ1) is 7.65. The summed E-state index contributed by atoms with van der Waals surface area (Å²) < 4.78 is 11.0. The Morgan fingerprint density at radius 2 is 2.00 bits per heavy atom. The van der Waals surface area contributed by atoms with Gasteiger partial charge in [-0.05, 0) is 20.3 Å². The first-order valence-corrected chi connectivity index (χ1v) is 6.28. The van der Waals surface area contributed by atoms with Gasteiger partial charge in [0.05, 0.1) is 24.9 Å². The van der Waals surface area contributed by atoms with Crippen LogP contribution in [0.4, 0.5) is 0 Å². The molecule has 0 aromatic heterocycles. The molecule has 1 N–H and O–H groups in total. The molecule has 2 heterocycles. The summed E-state index contributed by atoms with van der Waals surface area (Å²) in [4.78, 5) is 2.31. The second kappa shape index (κ2) is 5.45. The molecule has 0 aromatic rings. The molecule has 4 heteroatoms. The van der Waals surface area contributed by atoms with Gasteiger partial charge in [-0.2, -0.15) is 0 Å². The normalized spacial score (nSPS) is 38.8. The SMILES string of the molecule is C[C@@H]1CN(CC(O)C2CCOC2)C[C@H](C)O1. The van der Waals surface area contributed by atoms with E-state index in [9.17, 15) is 5.11 Å². The van der Waals surface area contributed by atoms with Crippen molar-refractivity contribution in [2.75, 3.05) is 32.8 Å². The lowest BCUT2D eigenvalue weighted by atomic mass is 10.0. The van der Waals surface area contributed by atoms with Gasteiger partial charge in [-0.25, -0.2) is 0 Å². The van der Waals surface area contributed by atoms with Crippen molar-refractivity contribution in [3.63, 3.8) is 0 Å². The van der Waals surface area contributed by atoms with Crippen molar-refractivity contribution in [1.29, 1.82) is 0 Å². The quantitative estimate of drug-likeness (QED) is 0.765. The molecule has 0 spiro atoms. The minimum Gasteiger partial charge on any atom is -0.391 e. The Labute approximate surface area is 97.5 Å². The second-order valence-corrected chi connectivity index (χ2v) is 5.17. The lowest BCUT2D eigenvalue weighted by molar-refractivity contribution is -0.0803. The van der Waals surface area contributed by atoms with Crippen LogP contribution in [0.25, 0.3) is 0 Å². The van der Waals surface area contributed by atoms with Crippen LogP contribution in [0.1, 0.15) is 20.3 Å². The van der Waals surface area contributed by atoms with E-state index in [0.717, 1.165) is 39.3 Å². The molecule has 0 radical (unpaired) electrons. The molecular weight excluding hydrogens is 206 g/mol. The van der Waals surface area contributed by atoms with Crippen LogP contribution < -0.4 is 0 Å². The minimum absolute atomic E-state index is 0.250. The average Bonchev–Trinajstić information content (AvgIpc) is 2.68. The third-order valence-corrected chi connectivity index (χ3v) is 3.45. The maximum atomic E-state index is 10.1. The zero-order valence-electron chi connectivity index (χ0n) is 10.3. The minimum atomic E-state index is -0.250. The lowest BCUT2D eigenvalue weighted by Gasteiger charge is -2.37. The van der Waals surface area contributed by atoms with Gasteiger partial charge in [-0.3, -0.25) is 4.90 Å². The topological polar surface area (TPSA) is 41.9 Å². The van der Waals surface area contributed by atoms with E-state index in [2.05, 4.69) is 18.7 Å². The summed E-state index contributed by atoms with van der Waals surface area (Å²) in [6.45, 7) is 8.31. The largest absolute Gasteiger partial charge is 0.391 e. The molecule has 2 rings (SSSR count). The number of morpholine rings is 1. The highest BCUT2D eigenvalue weighted by Crippen LogP contribution is 2.19. The van der Waals surface area contributed by atoms with Crippen LogP contribution >= 0.6 is 0 Å². The van der Waals surface area contributed by atoms with Gasteiger partial charge in [-0.15, -0.1) is 0 Å². The summed E-state index contributed by atoms with van der Waals surface area (Å²) in [5, 5.41) is 10.1. The molecule has 0 bridgehead atoms. The Bertz CT molecular complexity index is 208. The maximum Gasteiger partial charge on any atom is 0.0718 e. The van der Waals surface area contributed by atoms with Crippen molar-refractivity contribution < 1.29 is 14.6 Å². The Morgan fingerprint density at radius 3 is 2.56 bits per heavy atom. The van der Waals surface area contributed by atoms with E-state index < -0.39 is 0 Å². The molecule has 2 aliphatic heterocycles. The fourth-order valence-electron chi connectivity index (χ4n) is 2.70. The first-order valence-electron chi connectivity index (χ1n) is 6.28. The van der Waals surface area contributed by atoms with Gasteiger partial charge in [0.1, 0.15) is 0 Å². The highest BCUT2D eigenvalue weighted by molar-refractivity contribution is 4.80. The van der Waals surface area contributed by atoms with Gasteiger partial charge in [0.2, 0.25) is 0 Å². The number of hydrogen-bond donors (Lipinski definition) is 1. The summed E-state index contributed by atoms with van der Waals surface area (Å²) in [5.41, 5.74) is 0. The van der Waals surface area contributed by atoms with Gasteiger partial charge in [0, 0.05) is 32.2 Å². The summed E-state index contributed by atoms with van der Waals surface area (Å²) in [6.07, 6.45) is 1.29. The average molecular weight is 229 g/mol. The van der Waals surface area contributed by atoms with E-state index in [-0.39, 0.29) is 18.3 Å². The third-order valence-electron chi connectivity index (χ3n) is 3.45. The van der Waals surface area contributed by atoms with E-state index in [1.54, 1.807) is 0 Å². The number of hydrogen-bond acceptors (Lipinski definition) is 4. The molecule has 2 unspecified atom stereocenters. The summed E-state index contributed by atoms with van der Waals surface area (Å²) >= 11 is 0. The van der Waals surface area contributed by atoms with Gasteiger partial charge >= 0.3 is 0 Å². The molecule has 0 amide bonds. The zero-order valence-corrected chi connectivity index (χ0v) is 10.3. The number of aliphatic hydroxyl groups is 1. The smallest absolute Gasteiger partial charge is 0.0718 e. The second-order valence-electron chi connectivity index (χ2n) is 5.17. The lowest BCUT2D eigenvalue weighted by Crippen LogP contribution is -2.49. The van der Waals surface area contributed by atoms with Crippen LogP contribution in [0.3, 0.4) is 0 Å². The van der Waals surface area contributed by atoms with Crippen LogP contribution in [0.15, 0.2) is 0 Å². The van der Waals surface area contributed by atoms with Gasteiger partial charge in [0.25, 0.3) is 0 Å². The number of β-amino-alcohol motifs (C(OH)–C–C–N with tert-alkyl or cyclic N) is 1. The molecule has 0 aliphatic carbocycles. The molecule has 16 heavy (non-hydrogen) atoms. The molecule has 2 aliphatic rings. The summed E-state index contributed by atoms with van der Waals surface area (Å²) in [6, 6.07) is 0. The van der Waals surface area contributed by atoms with Gasteiger partial charge in [-0.1, -0.05) is 0 Å². The van der Waals surface area contributed by atoms with Crippen molar-refractivity contribution in [3.8, 4) is 0 Å². The molecule has 0 aromatic carbocycles. The van der Waals surface area contributed by atoms with Gasteiger partial charge in [0.15, 0.2) is 0 Å². The van der Waals surface area contributed by atoms with Crippen LogP contribution in [0, 0.1) is 5.92 Å². The van der Waals surface area contributed by atoms with Crippen LogP contribution in [0.5, 0.6) is 0 Å². The van der Waals surface area contributed by atoms with E-state index in [0.29, 0.717) is 5.92 Å². The molecule has 4 atom stereocenters. The Kier molecular flexibility index (Phi) is 4.19. The molecule has 94 valence electrons. The number of rotatable bonds is 3. The highest BCUT2D eigenvalue weighted by atomic mass is 16.5. The third kappa shape index (κ3) is 3.17. The van der Waals surface area contributed by atoms with E-state index in [1.807, 2.05) is 0 Å². The molecule has 4 nitrogen and oxygen atoms in total. The summed E-state index contributed by atoms with van der Waals surface area (Å²) in [5.74, 6) is 0.327. The maximum absolute atomic E-state index is 10.1. The Balaban J connectivity index is 1.79. The van der Waals surface area contributed by atoms with Crippen molar-refractivity contribution in [2.45, 2.75) is 38.6 Å². The van der Waals surface area contributed by atoms with Crippen LogP contribution in [-0.2, 0) is 9.47 Å². The van der Waals surface area contributed by atoms with Crippen molar-refractivity contribution >= 4 is 0 Å².